The van der Waals surface area contributed by atoms with Gasteiger partial charge in [-0.3, -0.25) is 23.6 Å². The van der Waals surface area contributed by atoms with Crippen molar-refractivity contribution < 1.29 is 37.5 Å². The number of likely N-dealkylation sites (tertiary alicyclic amines) is 1. The van der Waals surface area contributed by atoms with Gasteiger partial charge in [-0.1, -0.05) is 42.4 Å². The van der Waals surface area contributed by atoms with Crippen LogP contribution in [0.1, 0.15) is 32.8 Å². The first-order valence-electron chi connectivity index (χ1n) is 9.91. The van der Waals surface area contributed by atoms with Crippen LogP contribution in [0.2, 0.25) is 0 Å². The van der Waals surface area contributed by atoms with Crippen LogP contribution in [0.25, 0.3) is 10.4 Å². The summed E-state index contributed by atoms with van der Waals surface area (Å²) in [6.45, 7) is 4.41. The Morgan fingerprint density at radius 3 is 2.56 bits per heavy atom. The van der Waals surface area contributed by atoms with Crippen molar-refractivity contribution in [2.24, 2.45) is 5.11 Å². The summed E-state index contributed by atoms with van der Waals surface area (Å²) in [5.41, 5.74) is 9.40. The molecule has 0 saturated carbocycles. The maximum Gasteiger partial charge on any atom is 0.350 e. The van der Waals surface area contributed by atoms with Crippen molar-refractivity contribution in [2.45, 2.75) is 52.2 Å². The smallest absolute Gasteiger partial charge is 0.350 e. The first-order valence-corrected chi connectivity index (χ1v) is 11.6. The SMILES string of the molecule is CCOP(=O)(CN1C(=O)C(N=[N+]=[N-])C1OC(=O)CC)OC(C)C(=O)OCc1ccccc1. The van der Waals surface area contributed by atoms with E-state index in [1.54, 1.807) is 38.1 Å². The molecule has 0 aliphatic carbocycles. The van der Waals surface area contributed by atoms with E-state index in [2.05, 4.69) is 10.0 Å². The minimum absolute atomic E-state index is 0.000190. The van der Waals surface area contributed by atoms with Crippen molar-refractivity contribution in [3.05, 3.63) is 46.3 Å². The molecule has 1 aliphatic rings. The number of ether oxygens (including phenoxy) is 2. The Balaban J connectivity index is 2.06. The second-order valence-corrected chi connectivity index (χ2v) is 8.68. The zero-order valence-corrected chi connectivity index (χ0v) is 18.8. The van der Waals surface area contributed by atoms with E-state index in [-0.39, 0.29) is 19.6 Å². The van der Waals surface area contributed by atoms with E-state index in [1.165, 1.54) is 6.92 Å². The highest BCUT2D eigenvalue weighted by Gasteiger charge is 2.52. The number of nitrogens with zero attached hydrogens (tertiary/aromatic N) is 4. The van der Waals surface area contributed by atoms with E-state index in [0.29, 0.717) is 0 Å². The van der Waals surface area contributed by atoms with E-state index in [0.717, 1.165) is 10.5 Å². The average Bonchev–Trinajstić information content (AvgIpc) is 2.79. The number of benzene rings is 1. The molecule has 13 heteroatoms. The molecule has 1 saturated heterocycles. The molecule has 12 nitrogen and oxygen atoms in total. The van der Waals surface area contributed by atoms with Gasteiger partial charge in [0.15, 0.2) is 18.4 Å². The highest BCUT2D eigenvalue weighted by molar-refractivity contribution is 7.53. The van der Waals surface area contributed by atoms with Gasteiger partial charge in [0.05, 0.1) is 6.61 Å². The lowest BCUT2D eigenvalue weighted by Gasteiger charge is -2.44. The minimum atomic E-state index is -4.04. The Morgan fingerprint density at radius 1 is 1.28 bits per heavy atom. The second-order valence-electron chi connectivity index (χ2n) is 6.70. The first-order chi connectivity index (χ1) is 15.2. The van der Waals surface area contributed by atoms with Crippen LogP contribution < -0.4 is 0 Å². The number of hydrogen-bond acceptors (Lipinski definition) is 9. The molecular weight excluding hydrogens is 443 g/mol. The van der Waals surface area contributed by atoms with Crippen molar-refractivity contribution in [3.8, 4) is 0 Å². The van der Waals surface area contributed by atoms with Gasteiger partial charge in [-0.05, 0) is 24.9 Å². The predicted octanol–water partition coefficient (Wildman–Crippen LogP) is 3.12. The highest BCUT2D eigenvalue weighted by atomic mass is 31.2. The van der Waals surface area contributed by atoms with Gasteiger partial charge >= 0.3 is 19.5 Å². The Morgan fingerprint density at radius 2 is 1.97 bits per heavy atom. The van der Waals surface area contributed by atoms with Crippen LogP contribution in [-0.2, 0) is 44.1 Å². The molecule has 4 unspecified atom stereocenters. The molecule has 1 aromatic carbocycles. The fourth-order valence-corrected chi connectivity index (χ4v) is 4.63. The molecule has 4 atom stereocenters. The largest absolute Gasteiger partial charge is 0.459 e. The fraction of sp³-hybridized carbons (Fsp3) is 0.526. The standard InChI is InChI=1S/C19H25N4O8P/c1-4-15(24)30-18-16(21-22-20)17(25)23(18)12-32(27,29-5-2)31-13(3)19(26)28-11-14-9-7-6-8-10-14/h6-10,13,16,18H,4-5,11-12H2,1-3H3. The van der Waals surface area contributed by atoms with E-state index in [9.17, 15) is 18.9 Å². The summed E-state index contributed by atoms with van der Waals surface area (Å²) in [6.07, 6.45) is -3.10. The Hall–Kier alpha value is -2.91. The molecule has 1 aliphatic heterocycles. The van der Waals surface area contributed by atoms with Crippen LogP contribution in [0.15, 0.2) is 35.4 Å². The summed E-state index contributed by atoms with van der Waals surface area (Å²) in [5.74, 6) is -2.13. The van der Waals surface area contributed by atoms with E-state index >= 15 is 0 Å². The number of hydrogen-bond donors (Lipinski definition) is 0. The molecule has 0 radical (unpaired) electrons. The molecule has 0 N–H and O–H groups in total. The van der Waals surface area contributed by atoms with Gasteiger partial charge in [-0.25, -0.2) is 4.79 Å². The van der Waals surface area contributed by atoms with Gasteiger partial charge in [-0.2, -0.15) is 0 Å². The highest BCUT2D eigenvalue weighted by Crippen LogP contribution is 2.51. The van der Waals surface area contributed by atoms with Crippen molar-refractivity contribution in [1.29, 1.82) is 0 Å². The van der Waals surface area contributed by atoms with Gasteiger partial charge in [-0.15, -0.1) is 0 Å². The Bertz CT molecular complexity index is 921. The summed E-state index contributed by atoms with van der Waals surface area (Å²) in [7, 11) is -4.04. The lowest BCUT2D eigenvalue weighted by atomic mass is 10.1. The number of β-lactam (4-membered cyclic amide) rings is 1. The predicted molar refractivity (Wildman–Crippen MR) is 111 cm³/mol. The summed E-state index contributed by atoms with van der Waals surface area (Å²) < 4.78 is 34.1. The molecular formula is C19H25N4O8P. The molecule has 32 heavy (non-hydrogen) atoms. The Labute approximate surface area is 184 Å². The van der Waals surface area contributed by atoms with E-state index in [4.69, 9.17) is 24.1 Å². The third-order valence-electron chi connectivity index (χ3n) is 4.36. The minimum Gasteiger partial charge on any atom is -0.459 e. The van der Waals surface area contributed by atoms with Crippen LogP contribution in [0.3, 0.4) is 0 Å². The molecule has 0 aromatic heterocycles. The van der Waals surface area contributed by atoms with Crippen LogP contribution in [0.5, 0.6) is 0 Å². The lowest BCUT2D eigenvalue weighted by molar-refractivity contribution is -0.186. The van der Waals surface area contributed by atoms with Crippen LogP contribution in [-0.4, -0.2) is 54.0 Å². The summed E-state index contributed by atoms with van der Waals surface area (Å²) in [6, 6.07) is 7.68. The zero-order chi connectivity index (χ0) is 23.7. The molecule has 0 spiro atoms. The van der Waals surface area contributed by atoms with Gasteiger partial charge in [0.2, 0.25) is 5.91 Å². The second kappa shape index (κ2) is 11.6. The van der Waals surface area contributed by atoms with E-state index in [1.807, 2.05) is 6.07 Å². The van der Waals surface area contributed by atoms with Crippen molar-refractivity contribution >= 4 is 25.4 Å². The first kappa shape index (κ1) is 25.4. The van der Waals surface area contributed by atoms with Gasteiger partial charge in [0.25, 0.3) is 0 Å². The number of rotatable bonds is 12. The van der Waals surface area contributed by atoms with Gasteiger partial charge in [0.1, 0.15) is 12.9 Å². The third-order valence-corrected chi connectivity index (χ3v) is 6.30. The fourth-order valence-electron chi connectivity index (χ4n) is 2.78. The molecule has 1 aromatic rings. The normalized spacial score (nSPS) is 20.3. The molecule has 174 valence electrons. The van der Waals surface area contributed by atoms with Crippen LogP contribution >= 0.6 is 7.60 Å². The molecule has 0 bridgehead atoms. The summed E-state index contributed by atoms with van der Waals surface area (Å²) >= 11 is 0. The van der Waals surface area contributed by atoms with Crippen molar-refractivity contribution in [2.75, 3.05) is 12.9 Å². The van der Waals surface area contributed by atoms with Gasteiger partial charge < -0.3 is 14.0 Å². The average molecular weight is 468 g/mol. The zero-order valence-electron chi connectivity index (χ0n) is 17.9. The van der Waals surface area contributed by atoms with Crippen molar-refractivity contribution in [3.63, 3.8) is 0 Å². The van der Waals surface area contributed by atoms with Crippen LogP contribution in [0, 0.1) is 0 Å². The number of esters is 2. The lowest BCUT2D eigenvalue weighted by Crippen LogP contribution is -2.65. The molecule has 1 fully saturated rings. The number of amides is 1. The quantitative estimate of drug-likeness (QED) is 0.113. The number of carbonyl (C=O) groups is 3. The maximum absolute atomic E-state index is 13.2. The maximum atomic E-state index is 13.2. The monoisotopic (exact) mass is 468 g/mol. The van der Waals surface area contributed by atoms with Crippen molar-refractivity contribution in [1.82, 2.24) is 4.90 Å². The molecule has 1 amide bonds. The van der Waals surface area contributed by atoms with E-state index < -0.39 is 50.1 Å². The molecule has 2 rings (SSSR count). The van der Waals surface area contributed by atoms with Crippen LogP contribution in [0.4, 0.5) is 0 Å². The summed E-state index contributed by atoms with van der Waals surface area (Å²) in [4.78, 5) is 39.8. The third kappa shape index (κ3) is 6.54. The topological polar surface area (TPSA) is 157 Å². The summed E-state index contributed by atoms with van der Waals surface area (Å²) in [5, 5.41) is 3.31. The number of azide groups is 1. The Kier molecular flexibility index (Phi) is 9.22. The molecule has 1 heterocycles. The van der Waals surface area contributed by atoms with Gasteiger partial charge in [0, 0.05) is 11.3 Å². The number of carbonyl (C=O) groups excluding carboxylic acids is 3.